The number of carbonyl (C=O) groups is 2. The van der Waals surface area contributed by atoms with E-state index >= 15 is 0 Å². The Balaban J connectivity index is 1.87. The van der Waals surface area contributed by atoms with Gasteiger partial charge in [-0.2, -0.15) is 0 Å². The highest BCUT2D eigenvalue weighted by molar-refractivity contribution is 5.94. The van der Waals surface area contributed by atoms with E-state index in [1.807, 2.05) is 42.5 Å². The van der Waals surface area contributed by atoms with E-state index in [1.54, 1.807) is 14.0 Å². The van der Waals surface area contributed by atoms with Crippen LogP contribution in [0, 0.1) is 5.92 Å². The second-order valence-electron chi connectivity index (χ2n) is 6.20. The molecule has 1 unspecified atom stereocenters. The molecule has 2 aromatic carbocycles. The van der Waals surface area contributed by atoms with Crippen LogP contribution in [0.5, 0.6) is 0 Å². The van der Waals surface area contributed by atoms with Crippen LogP contribution in [0.4, 0.5) is 0 Å². The van der Waals surface area contributed by atoms with Crippen molar-refractivity contribution >= 4 is 11.7 Å². The fraction of sp³-hybridized carbons (Fsp3) is 0.300. The topological polar surface area (TPSA) is 46.2 Å². The minimum atomic E-state index is -0.0774. The van der Waals surface area contributed by atoms with Crippen molar-refractivity contribution in [1.29, 1.82) is 0 Å². The van der Waals surface area contributed by atoms with Gasteiger partial charge in [0.25, 0.3) is 5.91 Å². The first kappa shape index (κ1) is 15.5. The van der Waals surface area contributed by atoms with E-state index in [4.69, 9.17) is 0 Å². The zero-order valence-electron chi connectivity index (χ0n) is 13.5. The molecule has 3 rings (SSSR count). The van der Waals surface area contributed by atoms with Gasteiger partial charge in [0.1, 0.15) is 5.78 Å². The van der Waals surface area contributed by atoms with Gasteiger partial charge in [-0.1, -0.05) is 42.5 Å². The molecule has 118 valence electrons. The molecule has 1 aliphatic carbocycles. The van der Waals surface area contributed by atoms with Gasteiger partial charge in [0.05, 0.1) is 0 Å². The molecular formula is C20H21NO2. The summed E-state index contributed by atoms with van der Waals surface area (Å²) in [5.74, 6) is 0.856. The Bertz CT molecular complexity index is 706. The van der Waals surface area contributed by atoms with E-state index in [2.05, 4.69) is 17.4 Å². The molecule has 3 nitrogen and oxygen atoms in total. The number of Topliss-reactive ketones (excluding diaryl/α,β-unsaturated/α-hetero) is 1. The van der Waals surface area contributed by atoms with Crippen molar-refractivity contribution in [2.45, 2.75) is 25.2 Å². The van der Waals surface area contributed by atoms with Crippen molar-refractivity contribution in [2.24, 2.45) is 5.92 Å². The Morgan fingerprint density at radius 3 is 2.17 bits per heavy atom. The average Bonchev–Trinajstić information content (AvgIpc) is 2.54. The quantitative estimate of drug-likeness (QED) is 0.939. The number of hydrogen-bond donors (Lipinski definition) is 1. The lowest BCUT2D eigenvalue weighted by atomic mass is 9.58. The van der Waals surface area contributed by atoms with Gasteiger partial charge in [0.15, 0.2) is 0 Å². The molecule has 3 atom stereocenters. The molecule has 0 radical (unpaired) electrons. The second kappa shape index (κ2) is 6.37. The first-order valence-electron chi connectivity index (χ1n) is 7.99. The Kier molecular flexibility index (Phi) is 4.28. The highest BCUT2D eigenvalue weighted by Crippen LogP contribution is 2.53. The van der Waals surface area contributed by atoms with Crippen molar-refractivity contribution in [3.63, 3.8) is 0 Å². The number of hydrogen-bond acceptors (Lipinski definition) is 2. The van der Waals surface area contributed by atoms with Gasteiger partial charge in [-0.15, -0.1) is 0 Å². The van der Waals surface area contributed by atoms with Crippen molar-refractivity contribution in [2.75, 3.05) is 7.05 Å². The van der Waals surface area contributed by atoms with Crippen molar-refractivity contribution in [3.05, 3.63) is 71.3 Å². The normalized spacial score (nSPS) is 23.0. The van der Waals surface area contributed by atoms with Gasteiger partial charge in [-0.3, -0.25) is 9.59 Å². The van der Waals surface area contributed by atoms with Crippen LogP contribution in [0.3, 0.4) is 0 Å². The minimum Gasteiger partial charge on any atom is -0.355 e. The zero-order chi connectivity index (χ0) is 16.4. The van der Waals surface area contributed by atoms with Crippen molar-refractivity contribution in [3.8, 4) is 0 Å². The standard InChI is InChI=1S/C20H21NO2/c1-13(22)17-12-18(19(17)15-6-4-3-5-7-15)14-8-10-16(11-9-14)20(23)21-2/h3-11,17-19H,12H2,1-2H3,(H,21,23)/t17-,18?,19-/m1/s1. The lowest BCUT2D eigenvalue weighted by Gasteiger charge is -2.44. The zero-order valence-corrected chi connectivity index (χ0v) is 13.5. The summed E-state index contributed by atoms with van der Waals surface area (Å²) in [6.45, 7) is 1.69. The van der Waals surface area contributed by atoms with E-state index in [1.165, 1.54) is 11.1 Å². The van der Waals surface area contributed by atoms with Gasteiger partial charge >= 0.3 is 0 Å². The summed E-state index contributed by atoms with van der Waals surface area (Å²) in [5, 5.41) is 2.63. The fourth-order valence-electron chi connectivity index (χ4n) is 3.58. The Labute approximate surface area is 136 Å². The van der Waals surface area contributed by atoms with Crippen LogP contribution in [0.25, 0.3) is 0 Å². The van der Waals surface area contributed by atoms with E-state index in [-0.39, 0.29) is 23.5 Å². The first-order chi connectivity index (χ1) is 11.1. The first-order valence-corrected chi connectivity index (χ1v) is 7.99. The van der Waals surface area contributed by atoms with Crippen LogP contribution >= 0.6 is 0 Å². The van der Waals surface area contributed by atoms with Crippen LogP contribution in [-0.4, -0.2) is 18.7 Å². The molecule has 0 saturated heterocycles. The number of ketones is 1. The maximum atomic E-state index is 11.9. The summed E-state index contributed by atoms with van der Waals surface area (Å²) in [6, 6.07) is 18.0. The summed E-state index contributed by atoms with van der Waals surface area (Å²) in [4.78, 5) is 23.6. The van der Waals surface area contributed by atoms with E-state index in [0.717, 1.165) is 6.42 Å². The molecule has 1 N–H and O–H groups in total. The molecule has 0 bridgehead atoms. The van der Waals surface area contributed by atoms with Gasteiger partial charge in [-0.25, -0.2) is 0 Å². The predicted molar refractivity (Wildman–Crippen MR) is 90.5 cm³/mol. The third-order valence-corrected chi connectivity index (χ3v) is 4.91. The van der Waals surface area contributed by atoms with E-state index in [9.17, 15) is 9.59 Å². The molecule has 0 aliphatic heterocycles. The Morgan fingerprint density at radius 2 is 1.61 bits per heavy atom. The van der Waals surface area contributed by atoms with Crippen LogP contribution in [-0.2, 0) is 4.79 Å². The number of nitrogens with one attached hydrogen (secondary N) is 1. The molecule has 1 aliphatic rings. The van der Waals surface area contributed by atoms with Crippen LogP contribution in [0.2, 0.25) is 0 Å². The van der Waals surface area contributed by atoms with Crippen molar-refractivity contribution in [1.82, 2.24) is 5.32 Å². The molecule has 0 spiro atoms. The summed E-state index contributed by atoms with van der Waals surface area (Å²) in [7, 11) is 1.63. The van der Waals surface area contributed by atoms with Crippen LogP contribution in [0.1, 0.15) is 46.7 Å². The highest BCUT2D eigenvalue weighted by Gasteiger charge is 2.44. The molecule has 23 heavy (non-hydrogen) atoms. The summed E-state index contributed by atoms with van der Waals surface area (Å²) in [5.41, 5.74) is 3.08. The Morgan fingerprint density at radius 1 is 0.957 bits per heavy atom. The third-order valence-electron chi connectivity index (χ3n) is 4.91. The maximum Gasteiger partial charge on any atom is 0.251 e. The van der Waals surface area contributed by atoms with Gasteiger partial charge in [0.2, 0.25) is 0 Å². The van der Waals surface area contributed by atoms with Crippen LogP contribution in [0.15, 0.2) is 54.6 Å². The monoisotopic (exact) mass is 307 g/mol. The lowest BCUT2D eigenvalue weighted by molar-refractivity contribution is -0.124. The summed E-state index contributed by atoms with van der Waals surface area (Å²) in [6.07, 6.45) is 0.883. The number of benzene rings is 2. The molecule has 1 fully saturated rings. The fourth-order valence-corrected chi connectivity index (χ4v) is 3.58. The minimum absolute atomic E-state index is 0.0774. The SMILES string of the molecule is CNC(=O)c1ccc(C2C[C@H](C(C)=O)[C@H]2c2ccccc2)cc1. The molecule has 0 heterocycles. The summed E-state index contributed by atoms with van der Waals surface area (Å²) < 4.78 is 0. The molecular weight excluding hydrogens is 286 g/mol. The molecule has 1 amide bonds. The predicted octanol–water partition coefficient (Wildman–Crippen LogP) is 3.52. The lowest BCUT2D eigenvalue weighted by Crippen LogP contribution is -2.37. The second-order valence-corrected chi connectivity index (χ2v) is 6.20. The molecule has 1 saturated carbocycles. The summed E-state index contributed by atoms with van der Waals surface area (Å²) >= 11 is 0. The van der Waals surface area contributed by atoms with Gasteiger partial charge in [-0.05, 0) is 42.5 Å². The van der Waals surface area contributed by atoms with Gasteiger partial charge in [0, 0.05) is 24.4 Å². The highest BCUT2D eigenvalue weighted by atomic mass is 16.1. The van der Waals surface area contributed by atoms with Crippen molar-refractivity contribution < 1.29 is 9.59 Å². The number of carbonyl (C=O) groups excluding carboxylic acids is 2. The molecule has 0 aromatic heterocycles. The Hall–Kier alpha value is -2.42. The third kappa shape index (κ3) is 2.91. The average molecular weight is 307 g/mol. The number of amides is 1. The maximum absolute atomic E-state index is 11.9. The van der Waals surface area contributed by atoms with E-state index in [0.29, 0.717) is 11.5 Å². The number of rotatable bonds is 4. The van der Waals surface area contributed by atoms with Crippen LogP contribution < -0.4 is 5.32 Å². The van der Waals surface area contributed by atoms with E-state index < -0.39 is 0 Å². The van der Waals surface area contributed by atoms with Gasteiger partial charge < -0.3 is 5.32 Å². The molecule has 3 heteroatoms. The smallest absolute Gasteiger partial charge is 0.251 e. The molecule has 2 aromatic rings. The largest absolute Gasteiger partial charge is 0.355 e.